The molecule has 0 spiro atoms. The standard InChI is InChI=1S/2C7H8N2/c1-2-6-3-5-9-7(6)8-4-1;1-2-4-7-6(3-1)8-5-9-7/h1-2,4H,3,5H2,(H,8,9);1-4,8-9H,5H2. The molecule has 18 heavy (non-hydrogen) atoms. The minimum atomic E-state index is 0.860. The Morgan fingerprint density at radius 3 is 2.39 bits per heavy atom. The third-order valence-electron chi connectivity index (χ3n) is 3.06. The van der Waals surface area contributed by atoms with Crippen LogP contribution >= 0.6 is 0 Å². The van der Waals surface area contributed by atoms with Crippen LogP contribution in [0.3, 0.4) is 0 Å². The van der Waals surface area contributed by atoms with E-state index in [2.05, 4.69) is 39.1 Å². The SMILES string of the molecule is c1ccc2c(c1)NCN2.c1cnc2c(c1)CCN2. The molecule has 0 saturated carbocycles. The molecule has 4 nitrogen and oxygen atoms in total. The molecule has 0 radical (unpaired) electrons. The van der Waals surface area contributed by atoms with Crippen LogP contribution in [0.1, 0.15) is 5.56 Å². The van der Waals surface area contributed by atoms with Gasteiger partial charge in [0.2, 0.25) is 0 Å². The Kier molecular flexibility index (Phi) is 3.00. The van der Waals surface area contributed by atoms with E-state index in [9.17, 15) is 0 Å². The van der Waals surface area contributed by atoms with E-state index in [1.807, 2.05) is 24.4 Å². The average molecular weight is 240 g/mol. The Bertz CT molecular complexity index is 443. The molecular formula is C14H16N4. The van der Waals surface area contributed by atoms with Crippen LogP contribution < -0.4 is 16.0 Å². The average Bonchev–Trinajstić information content (AvgIpc) is 3.08. The summed E-state index contributed by atoms with van der Waals surface area (Å²) in [4.78, 5) is 4.15. The van der Waals surface area contributed by atoms with Gasteiger partial charge >= 0.3 is 0 Å². The summed E-state index contributed by atoms with van der Waals surface area (Å²) in [6, 6.07) is 12.3. The maximum atomic E-state index is 4.15. The minimum absolute atomic E-state index is 0.860. The van der Waals surface area contributed by atoms with E-state index in [-0.39, 0.29) is 0 Å². The van der Waals surface area contributed by atoms with Crippen molar-refractivity contribution in [3.8, 4) is 0 Å². The predicted molar refractivity (Wildman–Crippen MR) is 75.0 cm³/mol. The van der Waals surface area contributed by atoms with Gasteiger partial charge in [0.05, 0.1) is 18.0 Å². The fraction of sp³-hybridized carbons (Fsp3) is 0.214. The first kappa shape index (κ1) is 10.9. The largest absolute Gasteiger partial charge is 0.370 e. The maximum Gasteiger partial charge on any atom is 0.129 e. The normalized spacial score (nSPS) is 14.2. The summed E-state index contributed by atoms with van der Waals surface area (Å²) in [6.07, 6.45) is 2.94. The lowest BCUT2D eigenvalue weighted by Gasteiger charge is -1.93. The van der Waals surface area contributed by atoms with E-state index in [0.29, 0.717) is 0 Å². The van der Waals surface area contributed by atoms with Crippen molar-refractivity contribution in [1.29, 1.82) is 0 Å². The third-order valence-corrected chi connectivity index (χ3v) is 3.06. The lowest BCUT2D eigenvalue weighted by Crippen LogP contribution is -1.98. The molecule has 1 aromatic heterocycles. The van der Waals surface area contributed by atoms with Crippen LogP contribution in [0, 0.1) is 0 Å². The van der Waals surface area contributed by atoms with Gasteiger partial charge in [-0.25, -0.2) is 4.98 Å². The molecule has 2 aliphatic rings. The molecular weight excluding hydrogens is 224 g/mol. The third kappa shape index (κ3) is 2.22. The van der Waals surface area contributed by atoms with Crippen LogP contribution in [0.4, 0.5) is 17.2 Å². The lowest BCUT2D eigenvalue weighted by atomic mass is 10.2. The highest BCUT2D eigenvalue weighted by Gasteiger charge is 2.07. The van der Waals surface area contributed by atoms with Gasteiger partial charge in [0.1, 0.15) is 5.82 Å². The number of anilines is 3. The first-order valence-electron chi connectivity index (χ1n) is 6.18. The summed E-state index contributed by atoms with van der Waals surface area (Å²) in [5.41, 5.74) is 3.76. The molecule has 0 aliphatic carbocycles. The van der Waals surface area contributed by atoms with E-state index in [0.717, 1.165) is 25.5 Å². The second kappa shape index (κ2) is 4.96. The van der Waals surface area contributed by atoms with Crippen molar-refractivity contribution < 1.29 is 0 Å². The van der Waals surface area contributed by atoms with E-state index in [1.54, 1.807) is 0 Å². The number of rotatable bonds is 0. The van der Waals surface area contributed by atoms with Gasteiger partial charge in [-0.15, -0.1) is 0 Å². The fourth-order valence-corrected chi connectivity index (χ4v) is 2.14. The van der Waals surface area contributed by atoms with Crippen LogP contribution in [0.25, 0.3) is 0 Å². The zero-order valence-corrected chi connectivity index (χ0v) is 10.1. The maximum absolute atomic E-state index is 4.15. The summed E-state index contributed by atoms with van der Waals surface area (Å²) >= 11 is 0. The number of hydrogen-bond donors (Lipinski definition) is 3. The van der Waals surface area contributed by atoms with Gasteiger partial charge in [-0.05, 0) is 30.2 Å². The Morgan fingerprint density at radius 1 is 0.889 bits per heavy atom. The number of benzene rings is 1. The molecule has 0 saturated heterocycles. The summed E-state index contributed by atoms with van der Waals surface area (Å²) in [7, 11) is 0. The number of nitrogens with zero attached hydrogens (tertiary/aromatic N) is 1. The second-order valence-corrected chi connectivity index (χ2v) is 4.26. The van der Waals surface area contributed by atoms with Gasteiger partial charge in [0, 0.05) is 12.7 Å². The van der Waals surface area contributed by atoms with Crippen molar-refractivity contribution >= 4 is 17.2 Å². The molecule has 0 amide bonds. The Labute approximate surface area is 106 Å². The highest BCUT2D eigenvalue weighted by Crippen LogP contribution is 2.24. The van der Waals surface area contributed by atoms with Crippen molar-refractivity contribution in [3.05, 3.63) is 48.2 Å². The first-order chi connectivity index (χ1) is 8.93. The molecule has 3 heterocycles. The van der Waals surface area contributed by atoms with Gasteiger partial charge in [-0.2, -0.15) is 0 Å². The first-order valence-corrected chi connectivity index (χ1v) is 6.18. The molecule has 2 aromatic rings. The molecule has 0 atom stereocenters. The molecule has 3 N–H and O–H groups in total. The summed E-state index contributed by atoms with van der Waals surface area (Å²) in [5.74, 6) is 1.07. The number of para-hydroxylation sites is 2. The lowest BCUT2D eigenvalue weighted by molar-refractivity contribution is 1.11. The summed E-state index contributed by atoms with van der Waals surface area (Å²) in [5, 5.41) is 9.57. The Hall–Kier alpha value is -2.23. The topological polar surface area (TPSA) is 49.0 Å². The second-order valence-electron chi connectivity index (χ2n) is 4.26. The van der Waals surface area contributed by atoms with Gasteiger partial charge < -0.3 is 16.0 Å². The number of nitrogens with one attached hydrogen (secondary N) is 3. The molecule has 0 fully saturated rings. The van der Waals surface area contributed by atoms with E-state index >= 15 is 0 Å². The van der Waals surface area contributed by atoms with Gasteiger partial charge in [-0.3, -0.25) is 0 Å². The highest BCUT2D eigenvalue weighted by atomic mass is 15.1. The zero-order chi connectivity index (χ0) is 12.2. The molecule has 4 rings (SSSR count). The zero-order valence-electron chi connectivity index (χ0n) is 10.1. The summed E-state index contributed by atoms with van der Waals surface area (Å²) in [6.45, 7) is 1.91. The van der Waals surface area contributed by atoms with Crippen molar-refractivity contribution in [1.82, 2.24) is 4.98 Å². The van der Waals surface area contributed by atoms with Gasteiger partial charge in [0.15, 0.2) is 0 Å². The quantitative estimate of drug-likeness (QED) is 0.662. The van der Waals surface area contributed by atoms with Crippen LogP contribution in [0.2, 0.25) is 0 Å². The molecule has 0 bridgehead atoms. The highest BCUT2D eigenvalue weighted by molar-refractivity contribution is 5.72. The molecule has 0 unspecified atom stereocenters. The number of hydrogen-bond acceptors (Lipinski definition) is 4. The van der Waals surface area contributed by atoms with E-state index in [4.69, 9.17) is 0 Å². The van der Waals surface area contributed by atoms with Crippen molar-refractivity contribution in [2.45, 2.75) is 6.42 Å². The van der Waals surface area contributed by atoms with Crippen LogP contribution in [0.5, 0.6) is 0 Å². The van der Waals surface area contributed by atoms with Gasteiger partial charge in [-0.1, -0.05) is 18.2 Å². The summed E-state index contributed by atoms with van der Waals surface area (Å²) < 4.78 is 0. The molecule has 4 heteroatoms. The molecule has 2 aliphatic heterocycles. The van der Waals surface area contributed by atoms with E-state index < -0.39 is 0 Å². The Balaban J connectivity index is 0.000000111. The molecule has 92 valence electrons. The predicted octanol–water partition coefficient (Wildman–Crippen LogP) is 2.53. The van der Waals surface area contributed by atoms with Gasteiger partial charge in [0.25, 0.3) is 0 Å². The van der Waals surface area contributed by atoms with Crippen molar-refractivity contribution in [2.75, 3.05) is 29.2 Å². The smallest absolute Gasteiger partial charge is 0.129 e. The molecule has 1 aromatic carbocycles. The van der Waals surface area contributed by atoms with Crippen LogP contribution in [-0.4, -0.2) is 18.2 Å². The Morgan fingerprint density at radius 2 is 1.67 bits per heavy atom. The van der Waals surface area contributed by atoms with E-state index in [1.165, 1.54) is 16.9 Å². The van der Waals surface area contributed by atoms with Crippen molar-refractivity contribution in [3.63, 3.8) is 0 Å². The van der Waals surface area contributed by atoms with Crippen LogP contribution in [0.15, 0.2) is 42.6 Å². The fourth-order valence-electron chi connectivity index (χ4n) is 2.14. The monoisotopic (exact) mass is 240 g/mol. The minimum Gasteiger partial charge on any atom is -0.370 e. The van der Waals surface area contributed by atoms with Crippen molar-refractivity contribution in [2.24, 2.45) is 0 Å². The number of aromatic nitrogens is 1. The van der Waals surface area contributed by atoms with Crippen LogP contribution in [-0.2, 0) is 6.42 Å². The number of pyridine rings is 1. The number of fused-ring (bicyclic) bond motifs is 2.